The molecule has 1 amide bonds. The molecule has 0 unspecified atom stereocenters. The smallest absolute Gasteiger partial charge is 0.254 e. The molecule has 6 nitrogen and oxygen atoms in total. The third-order valence-electron chi connectivity index (χ3n) is 6.31. The summed E-state index contributed by atoms with van der Waals surface area (Å²) in [6.45, 7) is 2.33. The van der Waals surface area contributed by atoms with Gasteiger partial charge < -0.3 is 18.9 Å². The maximum atomic E-state index is 13.4. The Bertz CT molecular complexity index is 1110. The van der Waals surface area contributed by atoms with Crippen molar-refractivity contribution < 1.29 is 14.3 Å². The van der Waals surface area contributed by atoms with Gasteiger partial charge in [-0.15, -0.1) is 0 Å². The Morgan fingerprint density at radius 1 is 1.12 bits per heavy atom. The van der Waals surface area contributed by atoms with Crippen LogP contribution in [-0.4, -0.2) is 41.1 Å². The number of hydrogen-bond donors (Lipinski definition) is 0. The molecule has 3 aromatic rings. The lowest BCUT2D eigenvalue weighted by Crippen LogP contribution is -2.32. The number of imidazole rings is 1. The molecule has 1 aliphatic heterocycles. The van der Waals surface area contributed by atoms with Gasteiger partial charge in [0.1, 0.15) is 17.3 Å². The lowest BCUT2D eigenvalue weighted by molar-refractivity contribution is 0.0734. The minimum absolute atomic E-state index is 0.0288. The van der Waals surface area contributed by atoms with E-state index in [2.05, 4.69) is 16.8 Å². The van der Waals surface area contributed by atoms with Crippen molar-refractivity contribution in [3.8, 4) is 22.8 Å². The van der Waals surface area contributed by atoms with E-state index in [1.807, 2.05) is 41.3 Å². The Morgan fingerprint density at radius 2 is 1.97 bits per heavy atom. The fourth-order valence-corrected chi connectivity index (χ4v) is 4.40. The number of nitrogens with zero attached hydrogens (tertiary/aromatic N) is 3. The zero-order valence-corrected chi connectivity index (χ0v) is 18.7. The molecule has 2 aromatic carbocycles. The van der Waals surface area contributed by atoms with Crippen molar-refractivity contribution >= 4 is 5.91 Å². The SMILES string of the molecule is COc1cccc(C(=O)N(Cc2cc(OC)cc(-c3cn4c(n3)CCC4)c2)CC2CC2)c1. The molecule has 1 aromatic heterocycles. The summed E-state index contributed by atoms with van der Waals surface area (Å²) in [5, 5.41) is 0. The number of carbonyl (C=O) groups excluding carboxylic acids is 1. The van der Waals surface area contributed by atoms with Crippen LogP contribution in [0.4, 0.5) is 0 Å². The molecule has 0 spiro atoms. The highest BCUT2D eigenvalue weighted by Gasteiger charge is 2.28. The topological polar surface area (TPSA) is 56.6 Å². The molecule has 0 radical (unpaired) electrons. The average Bonchev–Trinajstić information content (AvgIpc) is 3.37. The maximum absolute atomic E-state index is 13.4. The fourth-order valence-electron chi connectivity index (χ4n) is 4.40. The lowest BCUT2D eigenvalue weighted by Gasteiger charge is -2.24. The van der Waals surface area contributed by atoms with E-state index in [1.165, 1.54) is 12.8 Å². The first-order chi connectivity index (χ1) is 15.6. The van der Waals surface area contributed by atoms with Crippen LogP contribution < -0.4 is 9.47 Å². The van der Waals surface area contributed by atoms with Gasteiger partial charge in [0.15, 0.2) is 0 Å². The van der Waals surface area contributed by atoms with Crippen LogP contribution in [0.15, 0.2) is 48.7 Å². The Labute approximate surface area is 188 Å². The van der Waals surface area contributed by atoms with Crippen LogP contribution in [0, 0.1) is 5.92 Å². The summed E-state index contributed by atoms with van der Waals surface area (Å²) in [7, 11) is 3.30. The van der Waals surface area contributed by atoms with Crippen LogP contribution in [0.5, 0.6) is 11.5 Å². The summed E-state index contributed by atoms with van der Waals surface area (Å²) < 4.78 is 13.1. The number of fused-ring (bicyclic) bond motifs is 1. The molecule has 5 rings (SSSR count). The summed E-state index contributed by atoms with van der Waals surface area (Å²) in [4.78, 5) is 20.2. The molecule has 166 valence electrons. The number of benzene rings is 2. The van der Waals surface area contributed by atoms with Crippen molar-refractivity contribution in [3.05, 3.63) is 65.6 Å². The molecule has 6 heteroatoms. The van der Waals surface area contributed by atoms with E-state index in [1.54, 1.807) is 14.2 Å². The van der Waals surface area contributed by atoms with Gasteiger partial charge in [-0.2, -0.15) is 0 Å². The number of amides is 1. The monoisotopic (exact) mass is 431 g/mol. The van der Waals surface area contributed by atoms with Gasteiger partial charge in [0.2, 0.25) is 0 Å². The number of hydrogen-bond acceptors (Lipinski definition) is 4. The molecular formula is C26H29N3O3. The molecule has 0 N–H and O–H groups in total. The Morgan fingerprint density at radius 3 is 2.72 bits per heavy atom. The lowest BCUT2D eigenvalue weighted by atomic mass is 10.1. The predicted molar refractivity (Wildman–Crippen MR) is 123 cm³/mol. The first kappa shape index (κ1) is 20.6. The standard InChI is InChI=1S/C26H29N3O3/c1-31-22-6-3-5-20(13-22)26(30)29(15-18-8-9-18)16-19-11-21(14-23(12-19)32-2)24-17-28-10-4-7-25(28)27-24/h3,5-6,11-14,17-18H,4,7-10,15-16H2,1-2H3. The number of aryl methyl sites for hydroxylation is 2. The summed E-state index contributed by atoms with van der Waals surface area (Å²) >= 11 is 0. The van der Waals surface area contributed by atoms with Gasteiger partial charge in [-0.05, 0) is 67.1 Å². The first-order valence-corrected chi connectivity index (χ1v) is 11.3. The minimum atomic E-state index is 0.0288. The van der Waals surface area contributed by atoms with E-state index in [0.717, 1.165) is 54.3 Å². The largest absolute Gasteiger partial charge is 0.497 e. The van der Waals surface area contributed by atoms with E-state index in [-0.39, 0.29) is 5.91 Å². The summed E-state index contributed by atoms with van der Waals surface area (Å²) in [6.07, 6.45) is 6.69. The van der Waals surface area contributed by atoms with E-state index < -0.39 is 0 Å². The van der Waals surface area contributed by atoms with Crippen molar-refractivity contribution in [1.82, 2.24) is 14.5 Å². The predicted octanol–water partition coefficient (Wildman–Crippen LogP) is 4.57. The molecule has 2 aliphatic rings. The van der Waals surface area contributed by atoms with Crippen LogP contribution >= 0.6 is 0 Å². The zero-order chi connectivity index (χ0) is 22.1. The van der Waals surface area contributed by atoms with Crippen molar-refractivity contribution in [2.75, 3.05) is 20.8 Å². The fraction of sp³-hybridized carbons (Fsp3) is 0.385. The van der Waals surface area contributed by atoms with Gasteiger partial charge in [0, 0.05) is 43.4 Å². The normalized spacial score (nSPS) is 14.8. The molecular weight excluding hydrogens is 402 g/mol. The van der Waals surface area contributed by atoms with Gasteiger partial charge in [0.25, 0.3) is 5.91 Å². The summed E-state index contributed by atoms with van der Waals surface area (Å²) in [5.41, 5.74) is 3.69. The number of methoxy groups -OCH3 is 2. The minimum Gasteiger partial charge on any atom is -0.497 e. The Hall–Kier alpha value is -3.28. The van der Waals surface area contributed by atoms with Crippen LogP contribution in [0.25, 0.3) is 11.3 Å². The molecule has 1 aliphatic carbocycles. The summed E-state index contributed by atoms with van der Waals surface area (Å²) in [5.74, 6) is 3.24. The average molecular weight is 432 g/mol. The van der Waals surface area contributed by atoms with Gasteiger partial charge in [-0.1, -0.05) is 6.07 Å². The quantitative estimate of drug-likeness (QED) is 0.524. The van der Waals surface area contributed by atoms with Crippen LogP contribution in [0.1, 0.15) is 41.0 Å². The second-order valence-corrected chi connectivity index (χ2v) is 8.77. The van der Waals surface area contributed by atoms with Crippen molar-refractivity contribution in [3.63, 3.8) is 0 Å². The molecule has 2 heterocycles. The highest BCUT2D eigenvalue weighted by Crippen LogP contribution is 2.32. The third kappa shape index (κ3) is 4.35. The van der Waals surface area contributed by atoms with Gasteiger partial charge in [-0.25, -0.2) is 4.98 Å². The van der Waals surface area contributed by atoms with Crippen LogP contribution in [0.3, 0.4) is 0 Å². The van der Waals surface area contributed by atoms with E-state index in [9.17, 15) is 4.79 Å². The first-order valence-electron chi connectivity index (χ1n) is 11.3. The molecule has 1 saturated carbocycles. The van der Waals surface area contributed by atoms with Gasteiger partial charge in [-0.3, -0.25) is 4.79 Å². The van der Waals surface area contributed by atoms with Crippen LogP contribution in [-0.2, 0) is 19.5 Å². The maximum Gasteiger partial charge on any atom is 0.254 e. The second kappa shape index (κ2) is 8.69. The molecule has 1 fully saturated rings. The Balaban J connectivity index is 1.44. The molecule has 32 heavy (non-hydrogen) atoms. The molecule has 0 saturated heterocycles. The van der Waals surface area contributed by atoms with E-state index in [4.69, 9.17) is 14.5 Å². The van der Waals surface area contributed by atoms with E-state index >= 15 is 0 Å². The van der Waals surface area contributed by atoms with Crippen molar-refractivity contribution in [1.29, 1.82) is 0 Å². The Kier molecular flexibility index (Phi) is 5.60. The number of aromatic nitrogens is 2. The molecule has 0 atom stereocenters. The number of carbonyl (C=O) groups is 1. The molecule has 0 bridgehead atoms. The van der Waals surface area contributed by atoms with Crippen LogP contribution in [0.2, 0.25) is 0 Å². The van der Waals surface area contributed by atoms with Crippen molar-refractivity contribution in [2.24, 2.45) is 5.92 Å². The summed E-state index contributed by atoms with van der Waals surface area (Å²) in [6, 6.07) is 13.6. The van der Waals surface area contributed by atoms with Gasteiger partial charge in [0.05, 0.1) is 19.9 Å². The third-order valence-corrected chi connectivity index (χ3v) is 6.31. The zero-order valence-electron chi connectivity index (χ0n) is 18.7. The number of rotatable bonds is 8. The highest BCUT2D eigenvalue weighted by atomic mass is 16.5. The number of ether oxygens (including phenoxy) is 2. The van der Waals surface area contributed by atoms with E-state index in [0.29, 0.717) is 23.8 Å². The van der Waals surface area contributed by atoms with Crippen molar-refractivity contribution in [2.45, 2.75) is 38.8 Å². The highest BCUT2D eigenvalue weighted by molar-refractivity contribution is 5.94. The second-order valence-electron chi connectivity index (χ2n) is 8.77. The van der Waals surface area contributed by atoms with Gasteiger partial charge >= 0.3 is 0 Å².